The van der Waals surface area contributed by atoms with E-state index in [2.05, 4.69) is 54.8 Å². The van der Waals surface area contributed by atoms with Crippen LogP contribution in [0.25, 0.3) is 22.0 Å². The summed E-state index contributed by atoms with van der Waals surface area (Å²) < 4.78 is 4.97. The van der Waals surface area contributed by atoms with Crippen LogP contribution in [0.5, 0.6) is 0 Å². The van der Waals surface area contributed by atoms with Crippen molar-refractivity contribution in [1.29, 1.82) is 0 Å². The van der Waals surface area contributed by atoms with Crippen LogP contribution in [0.2, 0.25) is 5.15 Å². The number of hydrogen-bond acceptors (Lipinski definition) is 9. The first kappa shape index (κ1) is 36.3. The Balaban J connectivity index is 1.04. The number of guanidine groups is 1. The normalized spacial score (nSPS) is 12.0. The number of aliphatic imine (C=N–C) groups is 1. The number of amides is 2. The molecule has 2 aromatic heterocycles. The van der Waals surface area contributed by atoms with Gasteiger partial charge in [0.05, 0.1) is 7.11 Å². The van der Waals surface area contributed by atoms with Crippen LogP contribution in [-0.2, 0) is 33.6 Å². The predicted octanol–water partition coefficient (Wildman–Crippen LogP) is 4.34. The minimum Gasteiger partial charge on any atom is -0.467 e. The van der Waals surface area contributed by atoms with E-state index in [0.29, 0.717) is 19.4 Å². The van der Waals surface area contributed by atoms with E-state index in [4.69, 9.17) is 33.5 Å². The number of aromatic nitrogens is 3. The third-order valence-electron chi connectivity index (χ3n) is 8.32. The van der Waals surface area contributed by atoms with Crippen molar-refractivity contribution in [2.45, 2.75) is 44.6 Å². The first-order valence-electron chi connectivity index (χ1n) is 16.4. The summed E-state index contributed by atoms with van der Waals surface area (Å²) in [4.78, 5) is 52.7. The van der Waals surface area contributed by atoms with Crippen molar-refractivity contribution in [3.05, 3.63) is 107 Å². The Kier molecular flexibility index (Phi) is 12.2. The van der Waals surface area contributed by atoms with E-state index in [-0.39, 0.29) is 40.8 Å². The second-order valence-electron chi connectivity index (χ2n) is 11.9. The van der Waals surface area contributed by atoms with E-state index in [1.54, 1.807) is 0 Å². The summed E-state index contributed by atoms with van der Waals surface area (Å²) in [7, 11) is 1.32. The van der Waals surface area contributed by atoms with Crippen LogP contribution >= 0.6 is 11.6 Å². The van der Waals surface area contributed by atoms with Crippen molar-refractivity contribution in [2.24, 2.45) is 10.7 Å². The number of anilines is 2. The number of carbonyl (C=O) groups excluding carboxylic acids is 3. The minimum atomic E-state index is -0.780. The fraction of sp³-hybridized carbons (Fsp3) is 0.243. The van der Waals surface area contributed by atoms with E-state index >= 15 is 0 Å². The number of methoxy groups -OCH3 is 1. The first-order valence-corrected chi connectivity index (χ1v) is 16.8. The Morgan fingerprint density at radius 1 is 0.902 bits per heavy atom. The maximum Gasteiger partial charge on any atom is 0.328 e. The molecule has 0 aliphatic carbocycles. The summed E-state index contributed by atoms with van der Waals surface area (Å²) in [6.07, 6.45) is 5.47. The maximum absolute atomic E-state index is 12.8. The van der Waals surface area contributed by atoms with Gasteiger partial charge in [-0.3, -0.25) is 19.9 Å². The zero-order chi connectivity index (χ0) is 36.3. The number of esters is 1. The molecule has 2 heterocycles. The smallest absolute Gasteiger partial charge is 0.328 e. The van der Waals surface area contributed by atoms with Gasteiger partial charge in [-0.2, -0.15) is 0 Å². The highest BCUT2D eigenvalue weighted by molar-refractivity contribution is 6.31. The largest absolute Gasteiger partial charge is 0.467 e. The molecule has 0 bridgehead atoms. The molecule has 0 spiro atoms. The van der Waals surface area contributed by atoms with E-state index < -0.39 is 17.9 Å². The van der Waals surface area contributed by atoms with Crippen molar-refractivity contribution in [2.75, 3.05) is 25.1 Å². The molecule has 13 nitrogen and oxygen atoms in total. The number of benzene rings is 3. The number of aromatic amines is 1. The van der Waals surface area contributed by atoms with E-state index in [1.165, 1.54) is 12.7 Å². The molecule has 0 radical (unpaired) electrons. The van der Waals surface area contributed by atoms with Crippen molar-refractivity contribution in [1.82, 2.24) is 25.6 Å². The molecule has 51 heavy (non-hydrogen) atoms. The van der Waals surface area contributed by atoms with Crippen molar-refractivity contribution in [3.8, 4) is 11.1 Å². The molecule has 1 atom stereocenters. The average molecular weight is 710 g/mol. The number of ether oxygens (including phenoxy) is 1. The van der Waals surface area contributed by atoms with Crippen LogP contribution in [0.15, 0.2) is 84.0 Å². The lowest BCUT2D eigenvalue weighted by atomic mass is 9.99. The van der Waals surface area contributed by atoms with Gasteiger partial charge in [-0.15, -0.1) is 0 Å². The van der Waals surface area contributed by atoms with E-state index in [9.17, 15) is 14.4 Å². The van der Waals surface area contributed by atoms with Crippen LogP contribution in [0.3, 0.4) is 0 Å². The van der Waals surface area contributed by atoms with Crippen LogP contribution in [0.1, 0.15) is 46.4 Å². The average Bonchev–Trinajstić information content (AvgIpc) is 3.54. The number of rotatable bonds is 14. The zero-order valence-corrected chi connectivity index (χ0v) is 28.9. The van der Waals surface area contributed by atoms with Gasteiger partial charge in [0, 0.05) is 36.5 Å². The monoisotopic (exact) mass is 709 g/mol. The lowest BCUT2D eigenvalue weighted by Crippen LogP contribution is -2.43. The number of nitrogen functional groups attached to an aromatic ring is 2. The molecule has 3 aromatic carbocycles. The summed E-state index contributed by atoms with van der Waals surface area (Å²) in [5.41, 5.74) is 23.2. The Morgan fingerprint density at radius 2 is 1.57 bits per heavy atom. The molecule has 5 aromatic rings. The van der Waals surface area contributed by atoms with Crippen molar-refractivity contribution >= 4 is 57.9 Å². The lowest BCUT2D eigenvalue weighted by molar-refractivity contribution is -0.145. The Bertz CT molecular complexity index is 2030. The van der Waals surface area contributed by atoms with Gasteiger partial charge >= 0.3 is 5.97 Å². The molecule has 0 saturated carbocycles. The second-order valence-corrected chi connectivity index (χ2v) is 12.3. The number of H-pyrrole nitrogens is 1. The number of nitrogens with two attached hydrogens (primary N) is 3. The molecular weight excluding hydrogens is 670 g/mol. The van der Waals surface area contributed by atoms with Gasteiger partial charge < -0.3 is 32.2 Å². The molecule has 264 valence electrons. The van der Waals surface area contributed by atoms with E-state index in [0.717, 1.165) is 52.4 Å². The van der Waals surface area contributed by atoms with Gasteiger partial charge in [-0.1, -0.05) is 78.3 Å². The second kappa shape index (κ2) is 17.1. The predicted molar refractivity (Wildman–Crippen MR) is 199 cm³/mol. The number of aryl methyl sites for hydroxylation is 2. The highest BCUT2D eigenvalue weighted by Gasteiger charge is 2.23. The topological polar surface area (TPSA) is 216 Å². The highest BCUT2D eigenvalue weighted by Crippen LogP contribution is 2.23. The molecule has 9 N–H and O–H groups in total. The van der Waals surface area contributed by atoms with Crippen LogP contribution in [-0.4, -0.2) is 58.4 Å². The summed E-state index contributed by atoms with van der Waals surface area (Å²) in [6, 6.07) is 23.5. The minimum absolute atomic E-state index is 0.0580. The quantitative estimate of drug-likeness (QED) is 0.0418. The van der Waals surface area contributed by atoms with Gasteiger partial charge in [-0.25, -0.2) is 14.8 Å². The SMILES string of the molecule is COC(=O)[C@H](Cc1c[nH]c2ccccc12)NC(=O)CCc1ccc(-c2ccc(CCCCN=C(N)NC(=O)c3nc(Cl)c(N)nc3N)cc2)cc1. The molecular formula is C37H40ClN9O4. The summed E-state index contributed by atoms with van der Waals surface area (Å²) >= 11 is 5.83. The van der Waals surface area contributed by atoms with Gasteiger partial charge in [0.25, 0.3) is 5.91 Å². The summed E-state index contributed by atoms with van der Waals surface area (Å²) in [5.74, 6) is -1.66. The lowest BCUT2D eigenvalue weighted by Gasteiger charge is -2.16. The van der Waals surface area contributed by atoms with Crippen molar-refractivity contribution in [3.63, 3.8) is 0 Å². The molecule has 0 unspecified atom stereocenters. The third kappa shape index (κ3) is 9.82. The summed E-state index contributed by atoms with van der Waals surface area (Å²) in [6.45, 7) is 0.429. The molecule has 0 saturated heterocycles. The zero-order valence-electron chi connectivity index (χ0n) is 28.1. The first-order chi connectivity index (χ1) is 24.6. The number of halogens is 1. The Morgan fingerprint density at radius 3 is 2.25 bits per heavy atom. The number of carbonyl (C=O) groups is 3. The fourth-order valence-corrected chi connectivity index (χ4v) is 5.70. The molecule has 0 fully saturated rings. The van der Waals surface area contributed by atoms with Crippen LogP contribution < -0.4 is 27.8 Å². The van der Waals surface area contributed by atoms with Gasteiger partial charge in [0.2, 0.25) is 5.91 Å². The molecule has 2 amide bonds. The number of fused-ring (bicyclic) bond motifs is 1. The maximum atomic E-state index is 12.8. The number of nitrogens with zero attached hydrogens (tertiary/aromatic N) is 3. The standard InChI is InChI=1S/C37H40ClN9O4/c1-51-36(50)29(20-26-21-43-28-8-3-2-7-27(26)28)44-30(48)18-13-23-11-16-25(17-12-23)24-14-9-22(10-15-24)6-4-5-19-42-37(41)47-35(49)31-33(39)46-34(40)32(38)45-31/h2-3,7-12,14-17,21,29,43H,4-6,13,18-20H2,1H3,(H,44,48)(H4,39,40,46)(H3,41,42,47,49)/t29-/m0/s1. The summed E-state index contributed by atoms with van der Waals surface area (Å²) in [5, 5.41) is 6.16. The molecule has 0 aliphatic heterocycles. The fourth-order valence-electron chi connectivity index (χ4n) is 5.57. The van der Waals surface area contributed by atoms with Gasteiger partial charge in [0.1, 0.15) is 6.04 Å². The Labute approximate surface area is 300 Å². The van der Waals surface area contributed by atoms with Crippen LogP contribution in [0, 0.1) is 0 Å². The number of hydrogen-bond donors (Lipinski definition) is 6. The Hall–Kier alpha value is -5.95. The van der Waals surface area contributed by atoms with Gasteiger partial charge in [-0.05, 0) is 59.6 Å². The van der Waals surface area contributed by atoms with E-state index in [1.807, 2.05) is 54.7 Å². The third-order valence-corrected chi connectivity index (χ3v) is 8.60. The van der Waals surface area contributed by atoms with Gasteiger partial charge in [0.15, 0.2) is 28.4 Å². The molecule has 0 aliphatic rings. The number of nitrogens with one attached hydrogen (secondary N) is 3. The number of unbranched alkanes of at least 4 members (excludes halogenated alkanes) is 1. The van der Waals surface area contributed by atoms with Crippen molar-refractivity contribution < 1.29 is 19.1 Å². The van der Waals surface area contributed by atoms with Crippen LogP contribution in [0.4, 0.5) is 11.6 Å². The molecule has 5 rings (SSSR count). The number of para-hydroxylation sites is 1. The highest BCUT2D eigenvalue weighted by atomic mass is 35.5. The molecule has 14 heteroatoms.